The molecule has 1 saturated carbocycles. The van der Waals surface area contributed by atoms with Crippen LogP contribution in [0.15, 0.2) is 12.2 Å². The third kappa shape index (κ3) is 2.67. The van der Waals surface area contributed by atoms with Gasteiger partial charge in [-0.25, -0.2) is 0 Å². The second-order valence-electron chi connectivity index (χ2n) is 3.91. The average Bonchev–Trinajstić information content (AvgIpc) is 2.86. The van der Waals surface area contributed by atoms with Gasteiger partial charge < -0.3 is 0 Å². The summed E-state index contributed by atoms with van der Waals surface area (Å²) < 4.78 is 0. The van der Waals surface area contributed by atoms with Gasteiger partial charge in [-0.15, -0.1) is 0 Å². The molecule has 76 valence electrons. The lowest BCUT2D eigenvalue weighted by atomic mass is 10.3. The number of imide groups is 1. The Morgan fingerprint density at radius 3 is 2.50 bits per heavy atom. The van der Waals surface area contributed by atoms with Gasteiger partial charge in [0, 0.05) is 6.54 Å². The fourth-order valence-electron chi connectivity index (χ4n) is 1.52. The molecular weight excluding hydrogens is 180 g/mol. The highest BCUT2D eigenvalue weighted by atomic mass is 16.2. The first-order valence-electron chi connectivity index (χ1n) is 4.96. The topological polar surface area (TPSA) is 49.4 Å². The van der Waals surface area contributed by atoms with Crippen LogP contribution in [0, 0.1) is 5.92 Å². The number of amides is 2. The quantitative estimate of drug-likeness (QED) is 0.504. The van der Waals surface area contributed by atoms with Crippen LogP contribution in [0.4, 0.5) is 0 Å². The molecule has 14 heavy (non-hydrogen) atoms. The second-order valence-corrected chi connectivity index (χ2v) is 3.91. The lowest BCUT2D eigenvalue weighted by Crippen LogP contribution is -2.51. The minimum atomic E-state index is -0.193. The Balaban J connectivity index is 1.78. The molecule has 1 heterocycles. The number of rotatable bonds is 3. The molecule has 1 aliphatic carbocycles. The van der Waals surface area contributed by atoms with E-state index in [1.165, 1.54) is 12.8 Å². The largest absolute Gasteiger partial charge is 0.294 e. The minimum absolute atomic E-state index is 0.193. The maximum atomic E-state index is 11.0. The summed E-state index contributed by atoms with van der Waals surface area (Å²) in [5.74, 6) is 0.367. The molecule has 2 amide bonds. The van der Waals surface area contributed by atoms with Crippen LogP contribution in [0.25, 0.3) is 0 Å². The van der Waals surface area contributed by atoms with Gasteiger partial charge in [0.1, 0.15) is 0 Å². The Hall–Kier alpha value is -1.16. The van der Waals surface area contributed by atoms with Crippen molar-refractivity contribution in [2.24, 2.45) is 5.92 Å². The molecular formula is C10H14N2O2. The van der Waals surface area contributed by atoms with Gasteiger partial charge in [0.25, 0.3) is 0 Å². The minimum Gasteiger partial charge on any atom is -0.294 e. The number of allylic oxidation sites excluding steroid dienone is 1. The number of hydrogen-bond acceptors (Lipinski definition) is 3. The third-order valence-electron chi connectivity index (χ3n) is 2.41. The number of nitrogens with one attached hydrogen (secondary N) is 1. The summed E-state index contributed by atoms with van der Waals surface area (Å²) in [5, 5.41) is 2.28. The Morgan fingerprint density at radius 2 is 1.93 bits per heavy atom. The normalized spacial score (nSPS) is 24.3. The van der Waals surface area contributed by atoms with Crippen molar-refractivity contribution in [3.63, 3.8) is 0 Å². The van der Waals surface area contributed by atoms with Crippen LogP contribution >= 0.6 is 0 Å². The summed E-state index contributed by atoms with van der Waals surface area (Å²) in [7, 11) is 0. The fourth-order valence-corrected chi connectivity index (χ4v) is 1.52. The standard InChI is InChI=1S/C10H14N2O2/c13-9-6-12(7-10(14)11-9)5-1-2-8-3-4-8/h1-2,8H,3-7H2,(H,11,13,14)/b2-1+. The first kappa shape index (κ1) is 9.40. The van der Waals surface area contributed by atoms with Crippen LogP contribution in [0.2, 0.25) is 0 Å². The van der Waals surface area contributed by atoms with Crippen molar-refractivity contribution in [2.75, 3.05) is 19.6 Å². The second kappa shape index (κ2) is 3.92. The summed E-state index contributed by atoms with van der Waals surface area (Å²) in [5.41, 5.74) is 0. The van der Waals surface area contributed by atoms with E-state index in [4.69, 9.17) is 0 Å². The van der Waals surface area contributed by atoms with Gasteiger partial charge >= 0.3 is 0 Å². The van der Waals surface area contributed by atoms with Crippen molar-refractivity contribution >= 4 is 11.8 Å². The van der Waals surface area contributed by atoms with Gasteiger partial charge in [-0.1, -0.05) is 12.2 Å². The number of carbonyl (C=O) groups excluding carboxylic acids is 2. The number of hydrogen-bond donors (Lipinski definition) is 1. The Kier molecular flexibility index (Phi) is 2.63. The highest BCUT2D eigenvalue weighted by Crippen LogP contribution is 2.29. The summed E-state index contributed by atoms with van der Waals surface area (Å²) in [6, 6.07) is 0. The molecule has 0 aromatic carbocycles. The Labute approximate surface area is 83.0 Å². The zero-order chi connectivity index (χ0) is 9.97. The van der Waals surface area contributed by atoms with E-state index in [1.54, 1.807) is 0 Å². The van der Waals surface area contributed by atoms with Crippen molar-refractivity contribution in [1.29, 1.82) is 0 Å². The highest BCUT2D eigenvalue weighted by molar-refractivity contribution is 5.99. The molecule has 2 rings (SSSR count). The lowest BCUT2D eigenvalue weighted by Gasteiger charge is -2.23. The predicted molar refractivity (Wildman–Crippen MR) is 51.5 cm³/mol. The van der Waals surface area contributed by atoms with Crippen molar-refractivity contribution in [3.8, 4) is 0 Å². The first-order valence-corrected chi connectivity index (χ1v) is 4.96. The molecule has 0 radical (unpaired) electrons. The zero-order valence-electron chi connectivity index (χ0n) is 8.03. The van der Waals surface area contributed by atoms with E-state index in [-0.39, 0.29) is 11.8 Å². The SMILES string of the molecule is O=C1CN(C/C=C/C2CC2)CC(=O)N1. The van der Waals surface area contributed by atoms with Crippen molar-refractivity contribution < 1.29 is 9.59 Å². The molecule has 0 bridgehead atoms. The lowest BCUT2D eigenvalue weighted by molar-refractivity contribution is -0.135. The molecule has 0 aromatic heterocycles. The average molecular weight is 194 g/mol. The molecule has 0 atom stereocenters. The smallest absolute Gasteiger partial charge is 0.240 e. The third-order valence-corrected chi connectivity index (χ3v) is 2.41. The Bertz CT molecular complexity index is 266. The maximum Gasteiger partial charge on any atom is 0.240 e. The molecule has 0 unspecified atom stereocenters. The molecule has 1 N–H and O–H groups in total. The first-order chi connectivity index (χ1) is 6.74. The van der Waals surface area contributed by atoms with Crippen LogP contribution in [0.5, 0.6) is 0 Å². The summed E-state index contributed by atoms with van der Waals surface area (Å²) in [4.78, 5) is 23.8. The van der Waals surface area contributed by atoms with E-state index >= 15 is 0 Å². The van der Waals surface area contributed by atoms with Crippen molar-refractivity contribution in [1.82, 2.24) is 10.2 Å². The number of nitrogens with zero attached hydrogens (tertiary/aromatic N) is 1. The zero-order valence-corrected chi connectivity index (χ0v) is 8.03. The van der Waals surface area contributed by atoms with Gasteiger partial charge in [0.2, 0.25) is 11.8 Å². The Morgan fingerprint density at radius 1 is 1.29 bits per heavy atom. The van der Waals surface area contributed by atoms with E-state index in [0.717, 1.165) is 5.92 Å². The summed E-state index contributed by atoms with van der Waals surface area (Å²) in [6.45, 7) is 1.37. The van der Waals surface area contributed by atoms with Gasteiger partial charge in [0.05, 0.1) is 13.1 Å². The van der Waals surface area contributed by atoms with Crippen LogP contribution in [-0.4, -0.2) is 36.3 Å². The van der Waals surface area contributed by atoms with Crippen LogP contribution in [-0.2, 0) is 9.59 Å². The van der Waals surface area contributed by atoms with Crippen LogP contribution in [0.1, 0.15) is 12.8 Å². The predicted octanol–water partition coefficient (Wildman–Crippen LogP) is -0.0890. The summed E-state index contributed by atoms with van der Waals surface area (Å²) >= 11 is 0. The number of carbonyl (C=O) groups is 2. The molecule has 0 aromatic rings. The maximum absolute atomic E-state index is 11.0. The van der Waals surface area contributed by atoms with E-state index < -0.39 is 0 Å². The van der Waals surface area contributed by atoms with Crippen LogP contribution < -0.4 is 5.32 Å². The molecule has 4 heteroatoms. The van der Waals surface area contributed by atoms with Crippen molar-refractivity contribution in [2.45, 2.75) is 12.8 Å². The van der Waals surface area contributed by atoms with Gasteiger partial charge in [-0.3, -0.25) is 19.8 Å². The van der Waals surface area contributed by atoms with E-state index in [9.17, 15) is 9.59 Å². The van der Waals surface area contributed by atoms with Gasteiger partial charge in [-0.05, 0) is 18.8 Å². The monoisotopic (exact) mass is 194 g/mol. The van der Waals surface area contributed by atoms with E-state index in [2.05, 4.69) is 17.5 Å². The van der Waals surface area contributed by atoms with E-state index in [1.807, 2.05) is 4.90 Å². The van der Waals surface area contributed by atoms with Gasteiger partial charge in [0.15, 0.2) is 0 Å². The summed E-state index contributed by atoms with van der Waals surface area (Å²) in [6.07, 6.45) is 6.81. The molecule has 2 aliphatic rings. The van der Waals surface area contributed by atoms with E-state index in [0.29, 0.717) is 19.6 Å². The van der Waals surface area contributed by atoms with Gasteiger partial charge in [-0.2, -0.15) is 0 Å². The molecule has 1 aliphatic heterocycles. The number of piperazine rings is 1. The highest BCUT2D eigenvalue weighted by Gasteiger charge is 2.21. The van der Waals surface area contributed by atoms with Crippen LogP contribution in [0.3, 0.4) is 0 Å². The molecule has 2 fully saturated rings. The fraction of sp³-hybridized carbons (Fsp3) is 0.600. The molecule has 4 nitrogen and oxygen atoms in total. The molecule has 1 saturated heterocycles. The molecule has 0 spiro atoms. The van der Waals surface area contributed by atoms with Crippen molar-refractivity contribution in [3.05, 3.63) is 12.2 Å².